The second kappa shape index (κ2) is 8.00. The normalized spacial score (nSPS) is 15.3. The van der Waals surface area contributed by atoms with Gasteiger partial charge in [-0.05, 0) is 48.9 Å². The molecule has 144 valence electrons. The summed E-state index contributed by atoms with van der Waals surface area (Å²) in [5, 5.41) is 3.30. The van der Waals surface area contributed by atoms with Gasteiger partial charge >= 0.3 is 12.1 Å². The van der Waals surface area contributed by atoms with Crippen molar-refractivity contribution in [2.45, 2.75) is 12.6 Å². The molecule has 0 radical (unpaired) electrons. The minimum Gasteiger partial charge on any atom is -0.465 e. The highest BCUT2D eigenvalue weighted by Gasteiger charge is 2.31. The minimum absolute atomic E-state index is 0.355. The van der Waals surface area contributed by atoms with E-state index in [1.54, 1.807) is 24.3 Å². The number of esters is 1. The van der Waals surface area contributed by atoms with Crippen LogP contribution >= 0.6 is 0 Å². The van der Waals surface area contributed by atoms with E-state index in [-0.39, 0.29) is 0 Å². The van der Waals surface area contributed by atoms with E-state index >= 15 is 0 Å². The van der Waals surface area contributed by atoms with E-state index in [1.807, 2.05) is 0 Å². The fraction of sp³-hybridized carbons (Fsp3) is 0.350. The number of hydrogen-bond donors (Lipinski definition) is 1. The van der Waals surface area contributed by atoms with Crippen LogP contribution in [0.3, 0.4) is 0 Å². The summed E-state index contributed by atoms with van der Waals surface area (Å²) in [6, 6.07) is 10.3. The van der Waals surface area contributed by atoms with Crippen LogP contribution in [-0.2, 0) is 10.9 Å². The second-order valence-electron chi connectivity index (χ2n) is 6.39. The van der Waals surface area contributed by atoms with Crippen LogP contribution in [0.1, 0.15) is 22.3 Å². The van der Waals surface area contributed by atoms with Gasteiger partial charge in [-0.1, -0.05) is 12.1 Å². The Hall–Kier alpha value is -2.54. The quantitative estimate of drug-likeness (QED) is 0.821. The molecule has 4 nitrogen and oxygen atoms in total. The molecule has 1 N–H and O–H groups in total. The van der Waals surface area contributed by atoms with Crippen molar-refractivity contribution < 1.29 is 22.7 Å². The van der Waals surface area contributed by atoms with Crippen LogP contribution in [0.15, 0.2) is 42.5 Å². The predicted molar refractivity (Wildman–Crippen MR) is 97.9 cm³/mol. The molecule has 2 aromatic rings. The van der Waals surface area contributed by atoms with Crippen molar-refractivity contribution >= 4 is 11.7 Å². The molecule has 2 aromatic carbocycles. The van der Waals surface area contributed by atoms with E-state index in [9.17, 15) is 18.0 Å². The molecule has 0 bridgehead atoms. The molecule has 1 fully saturated rings. The molecule has 7 heteroatoms. The SMILES string of the molecule is COC(=O)c1ccc(-c2cc(C(F)(F)F)ccc2N2CCCNCC2)cc1. The molecule has 0 amide bonds. The van der Waals surface area contributed by atoms with Gasteiger partial charge in [0.15, 0.2) is 0 Å². The maximum absolute atomic E-state index is 13.3. The first kappa shape index (κ1) is 19.2. The maximum Gasteiger partial charge on any atom is 0.416 e. The number of nitrogens with one attached hydrogen (secondary N) is 1. The second-order valence-corrected chi connectivity index (χ2v) is 6.39. The molecular weight excluding hydrogens is 357 g/mol. The largest absolute Gasteiger partial charge is 0.465 e. The van der Waals surface area contributed by atoms with Gasteiger partial charge in [0.1, 0.15) is 0 Å². The van der Waals surface area contributed by atoms with E-state index in [4.69, 9.17) is 0 Å². The van der Waals surface area contributed by atoms with Gasteiger partial charge in [-0.2, -0.15) is 13.2 Å². The average molecular weight is 378 g/mol. The zero-order valence-electron chi connectivity index (χ0n) is 15.0. The van der Waals surface area contributed by atoms with Crippen LogP contribution in [-0.4, -0.2) is 39.3 Å². The van der Waals surface area contributed by atoms with Crippen molar-refractivity contribution in [3.8, 4) is 11.1 Å². The van der Waals surface area contributed by atoms with E-state index in [0.29, 0.717) is 16.7 Å². The highest BCUT2D eigenvalue weighted by molar-refractivity contribution is 5.90. The zero-order valence-corrected chi connectivity index (χ0v) is 15.0. The maximum atomic E-state index is 13.3. The van der Waals surface area contributed by atoms with E-state index in [1.165, 1.54) is 19.2 Å². The third-order valence-electron chi connectivity index (χ3n) is 4.62. The third-order valence-corrected chi connectivity index (χ3v) is 4.62. The summed E-state index contributed by atoms with van der Waals surface area (Å²) in [5.41, 5.74) is 1.56. The number of hydrogen-bond acceptors (Lipinski definition) is 4. The Morgan fingerprint density at radius 1 is 1.07 bits per heavy atom. The van der Waals surface area contributed by atoms with Gasteiger partial charge in [0.2, 0.25) is 0 Å². The van der Waals surface area contributed by atoms with Crippen molar-refractivity contribution in [3.05, 3.63) is 53.6 Å². The molecule has 1 aliphatic heterocycles. The summed E-state index contributed by atoms with van der Waals surface area (Å²) >= 11 is 0. The number of carbonyl (C=O) groups excluding carboxylic acids is 1. The molecule has 1 heterocycles. The summed E-state index contributed by atoms with van der Waals surface area (Å²) in [5.74, 6) is -0.482. The number of ether oxygens (including phenoxy) is 1. The van der Waals surface area contributed by atoms with Gasteiger partial charge in [-0.15, -0.1) is 0 Å². The van der Waals surface area contributed by atoms with Crippen LogP contribution in [0.5, 0.6) is 0 Å². The van der Waals surface area contributed by atoms with Crippen molar-refractivity contribution in [2.24, 2.45) is 0 Å². The zero-order chi connectivity index (χ0) is 19.4. The molecule has 0 aliphatic carbocycles. The summed E-state index contributed by atoms with van der Waals surface area (Å²) in [6.07, 6.45) is -3.50. The fourth-order valence-corrected chi connectivity index (χ4v) is 3.21. The summed E-state index contributed by atoms with van der Waals surface area (Å²) < 4.78 is 44.4. The Morgan fingerprint density at radius 2 is 1.81 bits per heavy atom. The lowest BCUT2D eigenvalue weighted by Crippen LogP contribution is -2.28. The van der Waals surface area contributed by atoms with Gasteiger partial charge in [-0.25, -0.2) is 4.79 Å². The number of carbonyl (C=O) groups is 1. The van der Waals surface area contributed by atoms with Crippen LogP contribution < -0.4 is 10.2 Å². The number of methoxy groups -OCH3 is 1. The molecular formula is C20H21F3N2O2. The molecule has 0 atom stereocenters. The number of anilines is 1. The van der Waals surface area contributed by atoms with Gasteiger partial charge in [0.05, 0.1) is 18.2 Å². The molecule has 27 heavy (non-hydrogen) atoms. The number of alkyl halides is 3. The minimum atomic E-state index is -4.42. The Morgan fingerprint density at radius 3 is 2.48 bits per heavy atom. The standard InChI is InChI=1S/C20H21F3N2O2/c1-27-19(26)15-5-3-14(4-6-15)17-13-16(20(21,22)23)7-8-18(17)25-11-2-9-24-10-12-25/h3-8,13,24H,2,9-12H2,1H3. The number of benzene rings is 2. The highest BCUT2D eigenvalue weighted by atomic mass is 19.4. The number of nitrogens with zero attached hydrogens (tertiary/aromatic N) is 1. The van der Waals surface area contributed by atoms with Gasteiger partial charge in [0.25, 0.3) is 0 Å². The summed E-state index contributed by atoms with van der Waals surface area (Å²) in [6.45, 7) is 3.16. The molecule has 1 aliphatic rings. The van der Waals surface area contributed by atoms with Gasteiger partial charge < -0.3 is 15.0 Å². The van der Waals surface area contributed by atoms with Crippen LogP contribution in [0.25, 0.3) is 11.1 Å². The van der Waals surface area contributed by atoms with Crippen molar-refractivity contribution in [1.29, 1.82) is 0 Å². The lowest BCUT2D eigenvalue weighted by molar-refractivity contribution is -0.137. The Labute approximate surface area is 155 Å². The monoisotopic (exact) mass is 378 g/mol. The van der Waals surface area contributed by atoms with Crippen LogP contribution in [0.2, 0.25) is 0 Å². The third kappa shape index (κ3) is 4.42. The van der Waals surface area contributed by atoms with Gasteiger partial charge in [-0.3, -0.25) is 0 Å². The van der Waals surface area contributed by atoms with Crippen molar-refractivity contribution in [1.82, 2.24) is 5.32 Å². The number of halogens is 3. The number of rotatable bonds is 3. The van der Waals surface area contributed by atoms with Crippen LogP contribution in [0, 0.1) is 0 Å². The van der Waals surface area contributed by atoms with E-state index < -0.39 is 17.7 Å². The van der Waals surface area contributed by atoms with Crippen LogP contribution in [0.4, 0.5) is 18.9 Å². The molecule has 3 rings (SSSR count). The molecule has 0 unspecified atom stereocenters. The summed E-state index contributed by atoms with van der Waals surface area (Å²) in [7, 11) is 1.29. The smallest absolute Gasteiger partial charge is 0.416 e. The molecule has 0 spiro atoms. The summed E-state index contributed by atoms with van der Waals surface area (Å²) in [4.78, 5) is 13.7. The van der Waals surface area contributed by atoms with Crippen molar-refractivity contribution in [3.63, 3.8) is 0 Å². The van der Waals surface area contributed by atoms with Crippen molar-refractivity contribution in [2.75, 3.05) is 38.2 Å². The first-order chi connectivity index (χ1) is 12.9. The first-order valence-corrected chi connectivity index (χ1v) is 8.76. The topological polar surface area (TPSA) is 41.6 Å². The van der Waals surface area contributed by atoms with E-state index in [2.05, 4.69) is 15.0 Å². The Balaban J connectivity index is 2.05. The predicted octanol–water partition coefficient (Wildman–Crippen LogP) is 3.96. The molecule has 0 saturated carbocycles. The van der Waals surface area contributed by atoms with E-state index in [0.717, 1.165) is 44.4 Å². The molecule has 1 saturated heterocycles. The first-order valence-electron chi connectivity index (χ1n) is 8.76. The lowest BCUT2D eigenvalue weighted by atomic mass is 9.98. The van der Waals surface area contributed by atoms with Gasteiger partial charge in [0, 0.05) is 30.9 Å². The molecule has 0 aromatic heterocycles. The fourth-order valence-electron chi connectivity index (χ4n) is 3.21. The Bertz CT molecular complexity index is 796. The average Bonchev–Trinajstić information content (AvgIpc) is 2.95. The lowest BCUT2D eigenvalue weighted by Gasteiger charge is -2.26. The highest BCUT2D eigenvalue weighted by Crippen LogP contribution is 2.38. The Kier molecular flexibility index (Phi) is 5.70.